The van der Waals surface area contributed by atoms with E-state index in [-0.39, 0.29) is 12.1 Å². The summed E-state index contributed by atoms with van der Waals surface area (Å²) in [6, 6.07) is 7.74. The number of nitrogens with one attached hydrogen (secondary N) is 2. The van der Waals surface area contributed by atoms with Gasteiger partial charge in [0, 0.05) is 50.8 Å². The molecule has 168 valence electrons. The number of likely N-dealkylation sites (tertiary alicyclic amines) is 1. The van der Waals surface area contributed by atoms with Crippen molar-refractivity contribution >= 4 is 17.6 Å². The first kappa shape index (κ1) is 23.1. The molecule has 2 unspecified atom stereocenters. The zero-order valence-corrected chi connectivity index (χ0v) is 17.8. The van der Waals surface area contributed by atoms with Gasteiger partial charge in [0.15, 0.2) is 5.96 Å². The Kier molecular flexibility index (Phi) is 8.21. The van der Waals surface area contributed by atoms with Crippen LogP contribution in [0.1, 0.15) is 18.0 Å². The lowest BCUT2D eigenvalue weighted by molar-refractivity contribution is -0.143. The number of nitrogens with zero attached hydrogens (tertiary/aromatic N) is 3. The number of morpholine rings is 1. The molecule has 2 saturated heterocycles. The number of ether oxygens (including phenoxy) is 1. The lowest BCUT2D eigenvalue weighted by Gasteiger charge is -2.35. The molecule has 6 nitrogen and oxygen atoms in total. The topological polar surface area (TPSA) is 52.1 Å². The number of hydrogen-bond acceptors (Lipinski definition) is 4. The summed E-state index contributed by atoms with van der Waals surface area (Å²) in [7, 11) is 1.66. The first-order chi connectivity index (χ1) is 14.4. The van der Waals surface area contributed by atoms with Crippen LogP contribution in [0.5, 0.6) is 0 Å². The fourth-order valence-corrected chi connectivity index (χ4v) is 4.26. The van der Waals surface area contributed by atoms with E-state index in [1.165, 1.54) is 4.90 Å². The van der Waals surface area contributed by atoms with Gasteiger partial charge in [-0.05, 0) is 18.1 Å². The van der Waals surface area contributed by atoms with E-state index in [0.29, 0.717) is 50.3 Å². The Morgan fingerprint density at radius 1 is 1.27 bits per heavy atom. The van der Waals surface area contributed by atoms with E-state index in [1.54, 1.807) is 7.05 Å². The van der Waals surface area contributed by atoms with E-state index >= 15 is 0 Å². The molecule has 0 spiro atoms. The molecule has 2 atom stereocenters. The molecular formula is C20H29ClF3N5O. The van der Waals surface area contributed by atoms with Crippen LogP contribution in [0.3, 0.4) is 0 Å². The molecule has 2 N–H and O–H groups in total. The molecule has 10 heteroatoms. The van der Waals surface area contributed by atoms with Gasteiger partial charge >= 0.3 is 6.18 Å². The van der Waals surface area contributed by atoms with Gasteiger partial charge in [0.1, 0.15) is 0 Å². The van der Waals surface area contributed by atoms with Gasteiger partial charge in [-0.2, -0.15) is 13.2 Å². The third-order valence-electron chi connectivity index (χ3n) is 5.45. The fraction of sp³-hybridized carbons (Fsp3) is 0.650. The summed E-state index contributed by atoms with van der Waals surface area (Å²) in [5, 5.41) is 7.30. The minimum atomic E-state index is -4.17. The fourth-order valence-electron chi connectivity index (χ4n) is 4.00. The van der Waals surface area contributed by atoms with Crippen LogP contribution in [-0.4, -0.2) is 87.5 Å². The van der Waals surface area contributed by atoms with Crippen LogP contribution in [0.2, 0.25) is 5.02 Å². The maximum Gasteiger partial charge on any atom is 0.401 e. The van der Waals surface area contributed by atoms with Crippen LogP contribution < -0.4 is 10.6 Å². The summed E-state index contributed by atoms with van der Waals surface area (Å²) in [4.78, 5) is 8.01. The largest absolute Gasteiger partial charge is 0.401 e. The zero-order valence-electron chi connectivity index (χ0n) is 17.1. The van der Waals surface area contributed by atoms with Crippen molar-refractivity contribution in [1.29, 1.82) is 0 Å². The molecule has 2 aliphatic heterocycles. The predicted octanol–water partition coefficient (Wildman–Crippen LogP) is 2.51. The van der Waals surface area contributed by atoms with E-state index in [0.717, 1.165) is 18.7 Å². The van der Waals surface area contributed by atoms with Crippen molar-refractivity contribution in [2.45, 2.75) is 24.7 Å². The highest BCUT2D eigenvalue weighted by Gasteiger charge is 2.34. The molecule has 30 heavy (non-hydrogen) atoms. The summed E-state index contributed by atoms with van der Waals surface area (Å²) in [5.74, 6) is 0.583. The molecule has 1 aromatic rings. The highest BCUT2D eigenvalue weighted by molar-refractivity contribution is 6.31. The monoisotopic (exact) mass is 447 g/mol. The molecular weight excluding hydrogens is 419 g/mol. The Morgan fingerprint density at radius 2 is 2.00 bits per heavy atom. The number of halogens is 4. The van der Waals surface area contributed by atoms with Gasteiger partial charge in [0.25, 0.3) is 0 Å². The lowest BCUT2D eigenvalue weighted by atomic mass is 10.0. The Bertz CT molecular complexity index is 712. The van der Waals surface area contributed by atoms with E-state index in [2.05, 4.69) is 20.5 Å². The summed E-state index contributed by atoms with van der Waals surface area (Å²) >= 11 is 6.46. The third kappa shape index (κ3) is 6.73. The van der Waals surface area contributed by atoms with Crippen molar-refractivity contribution in [2.24, 2.45) is 4.99 Å². The number of aliphatic imine (C=N–C) groups is 1. The average molecular weight is 448 g/mol. The van der Waals surface area contributed by atoms with Gasteiger partial charge in [-0.3, -0.25) is 14.8 Å². The van der Waals surface area contributed by atoms with Crippen molar-refractivity contribution in [3.8, 4) is 0 Å². The van der Waals surface area contributed by atoms with Gasteiger partial charge in [-0.25, -0.2) is 0 Å². The first-order valence-corrected chi connectivity index (χ1v) is 10.6. The van der Waals surface area contributed by atoms with Crippen molar-refractivity contribution in [3.63, 3.8) is 0 Å². The Balaban J connectivity index is 1.59. The highest BCUT2D eigenvalue weighted by atomic mass is 35.5. The van der Waals surface area contributed by atoms with Gasteiger partial charge in [0.05, 0.1) is 25.8 Å². The molecule has 3 rings (SSSR count). The van der Waals surface area contributed by atoms with Crippen LogP contribution in [0, 0.1) is 0 Å². The lowest BCUT2D eigenvalue weighted by Crippen LogP contribution is -2.49. The van der Waals surface area contributed by atoms with Crippen molar-refractivity contribution in [3.05, 3.63) is 34.9 Å². The molecule has 0 amide bonds. The summed E-state index contributed by atoms with van der Waals surface area (Å²) in [5.41, 5.74) is 1.03. The number of rotatable bonds is 6. The minimum absolute atomic E-state index is 0.0338. The van der Waals surface area contributed by atoms with E-state index in [1.807, 2.05) is 24.3 Å². The maximum absolute atomic E-state index is 12.6. The number of hydrogen-bond donors (Lipinski definition) is 2. The SMILES string of the molecule is CN=C(NCC(c1ccccc1Cl)N1CCOCC1)NC1CCN(CC(F)(F)F)C1. The van der Waals surface area contributed by atoms with Gasteiger partial charge in [-0.1, -0.05) is 29.8 Å². The molecule has 2 heterocycles. The first-order valence-electron chi connectivity index (χ1n) is 10.2. The van der Waals surface area contributed by atoms with Crippen LogP contribution >= 0.6 is 11.6 Å². The molecule has 2 fully saturated rings. The summed E-state index contributed by atoms with van der Waals surface area (Å²) in [6.45, 7) is 3.42. The highest BCUT2D eigenvalue weighted by Crippen LogP contribution is 2.28. The average Bonchev–Trinajstić information content (AvgIpc) is 3.14. The normalized spacial score (nSPS) is 22.8. The standard InChI is InChI=1S/C20H29ClF3N5O/c1-25-19(27-15-6-7-28(13-15)14-20(22,23)24)26-12-18(29-8-10-30-11-9-29)16-4-2-3-5-17(16)21/h2-5,15,18H,6-14H2,1H3,(H2,25,26,27). The van der Waals surface area contributed by atoms with E-state index < -0.39 is 12.7 Å². The van der Waals surface area contributed by atoms with E-state index in [4.69, 9.17) is 16.3 Å². The van der Waals surface area contributed by atoms with Gasteiger partial charge in [0.2, 0.25) is 0 Å². The maximum atomic E-state index is 12.6. The Morgan fingerprint density at radius 3 is 2.67 bits per heavy atom. The third-order valence-corrected chi connectivity index (χ3v) is 5.80. The number of alkyl halides is 3. The molecule has 0 bridgehead atoms. The minimum Gasteiger partial charge on any atom is -0.379 e. The molecule has 0 aromatic heterocycles. The molecule has 2 aliphatic rings. The number of guanidine groups is 1. The van der Waals surface area contributed by atoms with Crippen molar-refractivity contribution in [1.82, 2.24) is 20.4 Å². The van der Waals surface area contributed by atoms with Gasteiger partial charge < -0.3 is 15.4 Å². The van der Waals surface area contributed by atoms with Crippen LogP contribution in [0.25, 0.3) is 0 Å². The molecule has 1 aromatic carbocycles. The second-order valence-electron chi connectivity index (χ2n) is 7.62. The van der Waals surface area contributed by atoms with Crippen LogP contribution in [0.15, 0.2) is 29.3 Å². The second-order valence-corrected chi connectivity index (χ2v) is 8.03. The summed E-state index contributed by atoms with van der Waals surface area (Å²) < 4.78 is 43.3. The summed E-state index contributed by atoms with van der Waals surface area (Å²) in [6.07, 6.45) is -3.52. The molecule has 0 aliphatic carbocycles. The predicted molar refractivity (Wildman–Crippen MR) is 112 cm³/mol. The van der Waals surface area contributed by atoms with Crippen molar-refractivity contribution < 1.29 is 17.9 Å². The Labute approximate surface area is 180 Å². The van der Waals surface area contributed by atoms with Crippen LogP contribution in [-0.2, 0) is 4.74 Å². The van der Waals surface area contributed by atoms with Crippen LogP contribution in [0.4, 0.5) is 13.2 Å². The zero-order chi connectivity index (χ0) is 21.6. The number of benzene rings is 1. The molecule has 0 saturated carbocycles. The Hall–Kier alpha value is -1.55. The van der Waals surface area contributed by atoms with E-state index in [9.17, 15) is 13.2 Å². The van der Waals surface area contributed by atoms with Gasteiger partial charge in [-0.15, -0.1) is 0 Å². The second kappa shape index (κ2) is 10.7. The quantitative estimate of drug-likeness (QED) is 0.518. The smallest absolute Gasteiger partial charge is 0.379 e. The molecule has 0 radical (unpaired) electrons. The van der Waals surface area contributed by atoms with Crippen molar-refractivity contribution in [2.75, 3.05) is 59.5 Å².